The highest BCUT2D eigenvalue weighted by atomic mass is 16.6. The van der Waals surface area contributed by atoms with Crippen LogP contribution >= 0.6 is 0 Å². The number of benzene rings is 4. The Bertz CT molecular complexity index is 1710. The van der Waals surface area contributed by atoms with Crippen LogP contribution in [0.25, 0.3) is 0 Å². The maximum Gasteiger partial charge on any atom is 0.344 e. The molecule has 0 fully saturated rings. The van der Waals surface area contributed by atoms with Gasteiger partial charge in [-0.05, 0) is 48.0 Å². The average molecular weight is 613 g/mol. The maximum absolute atomic E-state index is 13.1. The van der Waals surface area contributed by atoms with Gasteiger partial charge in [0, 0.05) is 22.9 Å². The predicted octanol–water partition coefficient (Wildman–Crippen LogP) is 4.78. The lowest BCUT2D eigenvalue weighted by molar-refractivity contribution is -0.385. The van der Waals surface area contributed by atoms with Crippen molar-refractivity contribution in [3.8, 4) is 23.0 Å². The van der Waals surface area contributed by atoms with Crippen LogP contribution < -0.4 is 29.7 Å². The molecule has 0 heterocycles. The first-order chi connectivity index (χ1) is 21.7. The molecule has 0 saturated carbocycles. The van der Waals surface area contributed by atoms with Crippen LogP contribution in [0.3, 0.4) is 0 Å². The summed E-state index contributed by atoms with van der Waals surface area (Å²) >= 11 is 0. The van der Waals surface area contributed by atoms with Crippen LogP contribution in [0, 0.1) is 10.1 Å². The molecule has 0 spiro atoms. The Kier molecular flexibility index (Phi) is 10.4. The van der Waals surface area contributed by atoms with Gasteiger partial charge in [-0.3, -0.25) is 19.7 Å². The van der Waals surface area contributed by atoms with Gasteiger partial charge in [-0.15, -0.1) is 0 Å². The van der Waals surface area contributed by atoms with E-state index in [1.54, 1.807) is 12.1 Å². The molecule has 2 amide bonds. The molecule has 45 heavy (non-hydrogen) atoms. The first-order valence-electron chi connectivity index (χ1n) is 13.3. The number of rotatable bonds is 12. The van der Waals surface area contributed by atoms with Gasteiger partial charge in [0.15, 0.2) is 11.5 Å². The Balaban J connectivity index is 1.46. The van der Waals surface area contributed by atoms with Crippen LogP contribution in [0.5, 0.6) is 23.0 Å². The second-order valence-electron chi connectivity index (χ2n) is 9.24. The van der Waals surface area contributed by atoms with E-state index >= 15 is 0 Å². The lowest BCUT2D eigenvalue weighted by Gasteiger charge is -2.14. The molecule has 0 aliphatic carbocycles. The third-order valence-corrected chi connectivity index (χ3v) is 6.32. The zero-order chi connectivity index (χ0) is 32.3. The van der Waals surface area contributed by atoms with Gasteiger partial charge in [-0.2, -0.15) is 5.10 Å². The van der Waals surface area contributed by atoms with Crippen molar-refractivity contribution in [2.45, 2.75) is 6.42 Å². The Morgan fingerprint density at radius 2 is 1.49 bits per heavy atom. The molecule has 4 aromatic carbocycles. The van der Waals surface area contributed by atoms with Crippen LogP contribution in [-0.4, -0.2) is 50.3 Å². The molecule has 230 valence electrons. The number of methoxy groups -OCH3 is 3. The number of ether oxygens (including phenoxy) is 4. The van der Waals surface area contributed by atoms with E-state index in [0.717, 1.165) is 17.8 Å². The summed E-state index contributed by atoms with van der Waals surface area (Å²) in [5, 5.41) is 18.4. The second kappa shape index (κ2) is 14.8. The standard InChI is InChI=1S/C32H28N4O9/c1-42-26-17-23(18-27(43-2)30(26)44-3)32(39)45-29-22(10-7-11-25(29)36(40)41)19-33-35-31(38)21-12-14-24(15-13-21)34-28(37)16-20-8-5-4-6-9-20/h4-15,17-19H,16H2,1-3H3,(H,34,37)(H,35,38)/b33-19+. The second-order valence-corrected chi connectivity index (χ2v) is 9.24. The molecule has 4 rings (SSSR count). The zero-order valence-corrected chi connectivity index (χ0v) is 24.4. The fraction of sp³-hybridized carbons (Fsp3) is 0.125. The molecule has 0 saturated heterocycles. The Morgan fingerprint density at radius 3 is 2.09 bits per heavy atom. The van der Waals surface area contributed by atoms with Crippen LogP contribution in [0.2, 0.25) is 0 Å². The van der Waals surface area contributed by atoms with Crippen molar-refractivity contribution >= 4 is 35.4 Å². The number of hydrazone groups is 1. The Morgan fingerprint density at radius 1 is 0.822 bits per heavy atom. The summed E-state index contributed by atoms with van der Waals surface area (Å²) in [7, 11) is 4.15. The summed E-state index contributed by atoms with van der Waals surface area (Å²) in [5.74, 6) is -1.53. The molecule has 0 radical (unpaired) electrons. The van der Waals surface area contributed by atoms with Crippen molar-refractivity contribution in [1.82, 2.24) is 5.43 Å². The number of nitro benzene ring substituents is 1. The fourth-order valence-electron chi connectivity index (χ4n) is 4.17. The molecule has 4 aromatic rings. The van der Waals surface area contributed by atoms with Gasteiger partial charge in [-0.25, -0.2) is 10.2 Å². The first kappa shape index (κ1) is 31.7. The number of nitro groups is 1. The van der Waals surface area contributed by atoms with Crippen LogP contribution in [0.15, 0.2) is 90.0 Å². The van der Waals surface area contributed by atoms with E-state index in [1.807, 2.05) is 30.3 Å². The number of nitrogens with zero attached hydrogens (tertiary/aromatic N) is 2. The number of hydrogen-bond donors (Lipinski definition) is 2. The Hall–Kier alpha value is -6.24. The number of esters is 1. The van der Waals surface area contributed by atoms with Gasteiger partial charge in [-0.1, -0.05) is 36.4 Å². The third kappa shape index (κ3) is 7.99. The molecule has 0 unspecified atom stereocenters. The van der Waals surface area contributed by atoms with Gasteiger partial charge in [0.2, 0.25) is 17.4 Å². The van der Waals surface area contributed by atoms with Crippen molar-refractivity contribution in [2.75, 3.05) is 26.6 Å². The molecule has 0 aliphatic heterocycles. The normalized spacial score (nSPS) is 10.6. The predicted molar refractivity (Wildman–Crippen MR) is 164 cm³/mol. The van der Waals surface area contributed by atoms with Crippen molar-refractivity contribution in [1.29, 1.82) is 0 Å². The molecule has 2 N–H and O–H groups in total. The third-order valence-electron chi connectivity index (χ3n) is 6.32. The van der Waals surface area contributed by atoms with E-state index in [-0.39, 0.29) is 46.3 Å². The maximum atomic E-state index is 13.1. The molecule has 0 aliphatic rings. The first-order valence-corrected chi connectivity index (χ1v) is 13.3. The van der Waals surface area contributed by atoms with E-state index in [4.69, 9.17) is 18.9 Å². The summed E-state index contributed by atoms with van der Waals surface area (Å²) in [6.45, 7) is 0. The van der Waals surface area contributed by atoms with E-state index in [1.165, 1.54) is 57.7 Å². The number of nitrogens with one attached hydrogen (secondary N) is 2. The van der Waals surface area contributed by atoms with Gasteiger partial charge in [0.25, 0.3) is 5.91 Å². The van der Waals surface area contributed by atoms with Crippen LogP contribution in [0.1, 0.15) is 31.8 Å². The number of carbonyl (C=O) groups excluding carboxylic acids is 3. The van der Waals surface area contributed by atoms with E-state index in [9.17, 15) is 24.5 Å². The molecule has 13 heteroatoms. The van der Waals surface area contributed by atoms with E-state index < -0.39 is 28.2 Å². The molecular formula is C32H28N4O9. The lowest BCUT2D eigenvalue weighted by atomic mass is 10.1. The summed E-state index contributed by atoms with van der Waals surface area (Å²) in [4.78, 5) is 49.1. The number of amides is 2. The molecule has 0 atom stereocenters. The van der Waals surface area contributed by atoms with Gasteiger partial charge < -0.3 is 24.3 Å². The van der Waals surface area contributed by atoms with Crippen molar-refractivity contribution in [2.24, 2.45) is 5.10 Å². The molecule has 13 nitrogen and oxygen atoms in total. The zero-order valence-electron chi connectivity index (χ0n) is 24.4. The monoisotopic (exact) mass is 612 g/mol. The summed E-state index contributed by atoms with van der Waals surface area (Å²) < 4.78 is 21.2. The van der Waals surface area contributed by atoms with Gasteiger partial charge >= 0.3 is 11.7 Å². The average Bonchev–Trinajstić information content (AvgIpc) is 3.05. The van der Waals surface area contributed by atoms with E-state index in [2.05, 4.69) is 15.8 Å². The molecule has 0 bridgehead atoms. The lowest BCUT2D eigenvalue weighted by Crippen LogP contribution is -2.18. The quantitative estimate of drug-likeness (QED) is 0.0752. The minimum Gasteiger partial charge on any atom is -0.493 e. The number of para-hydroxylation sites is 1. The largest absolute Gasteiger partial charge is 0.493 e. The Labute approximate surface area is 257 Å². The SMILES string of the molecule is COc1cc(C(=O)Oc2c(/C=N/NC(=O)c3ccc(NC(=O)Cc4ccccc4)cc3)cccc2[N+](=O)[O-])cc(OC)c1OC. The number of carbonyl (C=O) groups is 3. The van der Waals surface area contributed by atoms with Gasteiger partial charge in [0.1, 0.15) is 0 Å². The highest BCUT2D eigenvalue weighted by molar-refractivity contribution is 5.98. The summed E-state index contributed by atoms with van der Waals surface area (Å²) in [6, 6.07) is 22.1. The summed E-state index contributed by atoms with van der Waals surface area (Å²) in [5.41, 5.74) is 3.45. The van der Waals surface area contributed by atoms with Crippen LogP contribution in [0.4, 0.5) is 11.4 Å². The number of hydrogen-bond acceptors (Lipinski definition) is 10. The molecular weight excluding hydrogens is 584 g/mol. The minimum absolute atomic E-state index is 0.0291. The van der Waals surface area contributed by atoms with Crippen molar-refractivity contribution < 1.29 is 38.3 Å². The topological polar surface area (TPSA) is 168 Å². The highest BCUT2D eigenvalue weighted by Gasteiger charge is 2.24. The number of anilines is 1. The molecule has 0 aromatic heterocycles. The smallest absolute Gasteiger partial charge is 0.344 e. The van der Waals surface area contributed by atoms with E-state index in [0.29, 0.717) is 5.69 Å². The van der Waals surface area contributed by atoms with Crippen molar-refractivity contribution in [3.05, 3.63) is 117 Å². The van der Waals surface area contributed by atoms with Crippen molar-refractivity contribution in [3.63, 3.8) is 0 Å². The fourth-order valence-corrected chi connectivity index (χ4v) is 4.17. The van der Waals surface area contributed by atoms with Gasteiger partial charge in [0.05, 0.1) is 44.5 Å². The summed E-state index contributed by atoms with van der Waals surface area (Å²) in [6.07, 6.45) is 1.32. The van der Waals surface area contributed by atoms with Crippen LogP contribution in [-0.2, 0) is 11.2 Å². The minimum atomic E-state index is -0.946. The highest BCUT2D eigenvalue weighted by Crippen LogP contribution is 2.39.